The maximum absolute atomic E-state index is 13.4. The summed E-state index contributed by atoms with van der Waals surface area (Å²) >= 11 is 0. The molecule has 0 saturated carbocycles. The molecule has 0 unspecified atom stereocenters. The Hall–Kier alpha value is -2.48. The highest BCUT2D eigenvalue weighted by molar-refractivity contribution is 5.33. The molecular weight excluding hydrogens is 238 g/mol. The van der Waals surface area contributed by atoms with Gasteiger partial charge < -0.3 is 4.74 Å². The van der Waals surface area contributed by atoms with Crippen LogP contribution in [0, 0.1) is 23.1 Å². The van der Waals surface area contributed by atoms with Crippen LogP contribution in [0.4, 0.5) is 8.78 Å². The maximum atomic E-state index is 13.4. The highest BCUT2D eigenvalue weighted by Crippen LogP contribution is 2.17. The van der Waals surface area contributed by atoms with Gasteiger partial charge in [0.2, 0.25) is 0 Å². The molecule has 0 saturated heterocycles. The number of rotatable bonds is 3. The van der Waals surface area contributed by atoms with Gasteiger partial charge in [0, 0.05) is 11.8 Å². The van der Waals surface area contributed by atoms with Gasteiger partial charge >= 0.3 is 0 Å². The Balaban J connectivity index is 2.16. The number of ether oxygens (including phenoxy) is 1. The highest BCUT2D eigenvalue weighted by Gasteiger charge is 2.07. The lowest BCUT2D eigenvalue weighted by molar-refractivity contribution is 0.280. The third kappa shape index (κ3) is 2.61. The maximum Gasteiger partial charge on any atom is 0.255 e. The summed E-state index contributed by atoms with van der Waals surface area (Å²) in [5.74, 6) is -1.31. The van der Waals surface area contributed by atoms with E-state index in [1.807, 2.05) is 6.07 Å². The molecule has 0 amide bonds. The van der Waals surface area contributed by atoms with Crippen molar-refractivity contribution < 1.29 is 13.5 Å². The van der Waals surface area contributed by atoms with E-state index in [1.165, 1.54) is 36.5 Å². The first-order valence-corrected chi connectivity index (χ1v) is 5.12. The smallest absolute Gasteiger partial charge is 0.255 e. The Morgan fingerprint density at radius 2 is 2.11 bits per heavy atom. The van der Waals surface area contributed by atoms with Crippen molar-refractivity contribution in [2.45, 2.75) is 6.61 Å². The van der Waals surface area contributed by atoms with Crippen molar-refractivity contribution in [1.29, 1.82) is 5.26 Å². The predicted octanol–water partition coefficient (Wildman–Crippen LogP) is 2.81. The molecule has 2 rings (SSSR count). The third-order valence-electron chi connectivity index (χ3n) is 2.28. The van der Waals surface area contributed by atoms with Crippen LogP contribution in [0.3, 0.4) is 0 Å². The Bertz CT molecular complexity index is 608. The van der Waals surface area contributed by atoms with Gasteiger partial charge in [-0.25, -0.2) is 9.37 Å². The molecule has 5 heteroatoms. The van der Waals surface area contributed by atoms with E-state index in [4.69, 9.17) is 10.00 Å². The van der Waals surface area contributed by atoms with E-state index in [0.29, 0.717) is 5.56 Å². The van der Waals surface area contributed by atoms with Gasteiger partial charge in [-0.05, 0) is 30.3 Å². The molecule has 1 aromatic carbocycles. The topological polar surface area (TPSA) is 45.9 Å². The van der Waals surface area contributed by atoms with Crippen molar-refractivity contribution in [1.82, 2.24) is 4.98 Å². The lowest BCUT2D eigenvalue weighted by Gasteiger charge is -2.07. The Labute approximate surface area is 102 Å². The van der Waals surface area contributed by atoms with E-state index in [2.05, 4.69) is 4.98 Å². The average Bonchev–Trinajstić information content (AvgIpc) is 2.39. The standard InChI is InChI=1S/C13H8F2N2O/c14-11-4-3-9(7-16)6-10(11)8-18-12-2-1-5-17-13(12)15/h1-6H,8H2. The number of halogens is 2. The molecule has 0 atom stereocenters. The Kier molecular flexibility index (Phi) is 3.49. The second-order valence-corrected chi connectivity index (χ2v) is 3.50. The third-order valence-corrected chi connectivity index (χ3v) is 2.28. The highest BCUT2D eigenvalue weighted by atomic mass is 19.1. The van der Waals surface area contributed by atoms with Gasteiger partial charge in [0.15, 0.2) is 5.75 Å². The molecule has 0 fully saturated rings. The lowest BCUT2D eigenvalue weighted by Crippen LogP contribution is -2.01. The van der Waals surface area contributed by atoms with Crippen LogP contribution >= 0.6 is 0 Å². The first-order chi connectivity index (χ1) is 8.70. The zero-order chi connectivity index (χ0) is 13.0. The fourth-order valence-electron chi connectivity index (χ4n) is 1.39. The number of hydrogen-bond acceptors (Lipinski definition) is 3. The number of nitrogens with zero attached hydrogens (tertiary/aromatic N) is 2. The molecule has 3 nitrogen and oxygen atoms in total. The van der Waals surface area contributed by atoms with E-state index in [9.17, 15) is 8.78 Å². The molecule has 90 valence electrons. The van der Waals surface area contributed by atoms with Gasteiger partial charge in [-0.2, -0.15) is 9.65 Å². The minimum atomic E-state index is -0.755. The van der Waals surface area contributed by atoms with Crippen molar-refractivity contribution in [3.63, 3.8) is 0 Å². The van der Waals surface area contributed by atoms with Crippen LogP contribution in [-0.2, 0) is 6.61 Å². The summed E-state index contributed by atoms with van der Waals surface area (Å²) in [6.45, 7) is -0.163. The molecule has 0 aliphatic heterocycles. The SMILES string of the molecule is N#Cc1ccc(F)c(COc2cccnc2F)c1. The molecule has 18 heavy (non-hydrogen) atoms. The number of hydrogen-bond donors (Lipinski definition) is 0. The normalized spacial score (nSPS) is 9.83. The van der Waals surface area contributed by atoms with Crippen molar-refractivity contribution in [2.24, 2.45) is 0 Å². The largest absolute Gasteiger partial charge is 0.484 e. The molecular formula is C13H8F2N2O. The minimum absolute atomic E-state index is 0.0562. The second kappa shape index (κ2) is 5.23. The summed E-state index contributed by atoms with van der Waals surface area (Å²) in [7, 11) is 0. The molecule has 0 spiro atoms. The predicted molar refractivity (Wildman–Crippen MR) is 59.6 cm³/mol. The van der Waals surface area contributed by atoms with Gasteiger partial charge in [0.05, 0.1) is 11.6 Å². The fourth-order valence-corrected chi connectivity index (χ4v) is 1.39. The molecule has 0 N–H and O–H groups in total. The molecule has 0 bridgehead atoms. The van der Waals surface area contributed by atoms with Crippen molar-refractivity contribution in [3.05, 3.63) is 59.4 Å². The van der Waals surface area contributed by atoms with Crippen LogP contribution in [0.5, 0.6) is 5.75 Å². The zero-order valence-electron chi connectivity index (χ0n) is 9.23. The molecule has 0 radical (unpaired) electrons. The van der Waals surface area contributed by atoms with Gasteiger partial charge in [0.1, 0.15) is 12.4 Å². The summed E-state index contributed by atoms with van der Waals surface area (Å²) in [5, 5.41) is 8.70. The van der Waals surface area contributed by atoms with Gasteiger partial charge in [0.25, 0.3) is 5.95 Å². The van der Waals surface area contributed by atoms with E-state index in [1.54, 1.807) is 0 Å². The minimum Gasteiger partial charge on any atom is -0.484 e. The fraction of sp³-hybridized carbons (Fsp3) is 0.0769. The van der Waals surface area contributed by atoms with Gasteiger partial charge in [-0.3, -0.25) is 0 Å². The number of pyridine rings is 1. The van der Waals surface area contributed by atoms with Crippen molar-refractivity contribution >= 4 is 0 Å². The number of nitriles is 1. The van der Waals surface area contributed by atoms with Crippen LogP contribution in [0.1, 0.15) is 11.1 Å². The zero-order valence-corrected chi connectivity index (χ0v) is 9.23. The van der Waals surface area contributed by atoms with Crippen LogP contribution < -0.4 is 4.74 Å². The van der Waals surface area contributed by atoms with E-state index >= 15 is 0 Å². The number of benzene rings is 1. The first-order valence-electron chi connectivity index (χ1n) is 5.12. The van der Waals surface area contributed by atoms with Crippen LogP contribution in [0.25, 0.3) is 0 Å². The summed E-state index contributed by atoms with van der Waals surface area (Å²) in [6, 6.07) is 8.71. The summed E-state index contributed by atoms with van der Waals surface area (Å²) in [5.41, 5.74) is 0.513. The summed E-state index contributed by atoms with van der Waals surface area (Å²) in [4.78, 5) is 3.41. The van der Waals surface area contributed by atoms with E-state index in [-0.39, 0.29) is 17.9 Å². The lowest BCUT2D eigenvalue weighted by atomic mass is 10.1. The Morgan fingerprint density at radius 3 is 2.83 bits per heavy atom. The van der Waals surface area contributed by atoms with Crippen LogP contribution in [0.15, 0.2) is 36.5 Å². The van der Waals surface area contributed by atoms with E-state index in [0.717, 1.165) is 0 Å². The second-order valence-electron chi connectivity index (χ2n) is 3.50. The Morgan fingerprint density at radius 1 is 1.28 bits per heavy atom. The molecule has 1 aromatic heterocycles. The summed E-state index contributed by atoms with van der Waals surface area (Å²) < 4.78 is 31.7. The van der Waals surface area contributed by atoms with Crippen LogP contribution in [0.2, 0.25) is 0 Å². The van der Waals surface area contributed by atoms with E-state index < -0.39 is 11.8 Å². The first kappa shape index (κ1) is 12.0. The molecule has 0 aliphatic rings. The monoisotopic (exact) mass is 246 g/mol. The quantitative estimate of drug-likeness (QED) is 0.782. The van der Waals surface area contributed by atoms with Gasteiger partial charge in [-0.1, -0.05) is 0 Å². The molecule has 1 heterocycles. The van der Waals surface area contributed by atoms with Crippen molar-refractivity contribution in [3.8, 4) is 11.8 Å². The molecule has 2 aromatic rings. The number of aromatic nitrogens is 1. The molecule has 0 aliphatic carbocycles. The van der Waals surface area contributed by atoms with Gasteiger partial charge in [-0.15, -0.1) is 0 Å². The average molecular weight is 246 g/mol. The summed E-state index contributed by atoms with van der Waals surface area (Å²) in [6.07, 6.45) is 1.29. The van der Waals surface area contributed by atoms with Crippen molar-refractivity contribution in [2.75, 3.05) is 0 Å². The van der Waals surface area contributed by atoms with Crippen LogP contribution in [-0.4, -0.2) is 4.98 Å².